The lowest BCUT2D eigenvalue weighted by atomic mass is 10.1. The summed E-state index contributed by atoms with van der Waals surface area (Å²) in [6.07, 6.45) is 0.0228. The Morgan fingerprint density at radius 1 is 1.33 bits per heavy atom. The van der Waals surface area contributed by atoms with Crippen molar-refractivity contribution in [1.82, 2.24) is 15.1 Å². The minimum absolute atomic E-state index is 0.0228. The lowest BCUT2D eigenvalue weighted by Crippen LogP contribution is -2.25. The molecular weight excluding hydrogens is 274 g/mol. The number of nitrogens with zero attached hydrogens (tertiary/aromatic N) is 3. The summed E-state index contributed by atoms with van der Waals surface area (Å²) >= 11 is 0. The van der Waals surface area contributed by atoms with Gasteiger partial charge in [-0.15, -0.1) is 10.2 Å². The number of carboxylic acid groups (broad SMARTS) is 1. The van der Waals surface area contributed by atoms with Crippen LogP contribution in [-0.4, -0.2) is 38.6 Å². The molecule has 1 aromatic carbocycles. The van der Waals surface area contributed by atoms with Crippen LogP contribution < -0.4 is 0 Å². The van der Waals surface area contributed by atoms with Crippen LogP contribution in [0.2, 0.25) is 0 Å². The summed E-state index contributed by atoms with van der Waals surface area (Å²) in [5, 5.41) is 16.8. The molecule has 7 heteroatoms. The molecule has 1 N–H and O–H groups in total. The second-order valence-electron chi connectivity index (χ2n) is 4.88. The highest BCUT2D eigenvalue weighted by Gasteiger charge is 2.34. The number of hydrogen-bond donors (Lipinski definition) is 1. The molecule has 1 aliphatic rings. The number of hydrogen-bond acceptors (Lipinski definition) is 5. The molecule has 0 aliphatic carbocycles. The van der Waals surface area contributed by atoms with Crippen molar-refractivity contribution in [3.8, 4) is 11.5 Å². The number of rotatable bonds is 4. The molecule has 0 unspecified atom stereocenters. The van der Waals surface area contributed by atoms with Crippen LogP contribution in [-0.2, 0) is 16.1 Å². The van der Waals surface area contributed by atoms with Crippen molar-refractivity contribution in [2.24, 2.45) is 5.92 Å². The summed E-state index contributed by atoms with van der Waals surface area (Å²) in [5.41, 5.74) is 0.799. The largest absolute Gasteiger partial charge is 0.481 e. The van der Waals surface area contributed by atoms with Crippen LogP contribution in [0.4, 0.5) is 0 Å². The molecule has 2 aromatic rings. The van der Waals surface area contributed by atoms with Crippen LogP contribution in [0.15, 0.2) is 34.7 Å². The minimum Gasteiger partial charge on any atom is -0.481 e. The van der Waals surface area contributed by atoms with E-state index in [4.69, 9.17) is 9.52 Å². The lowest BCUT2D eigenvalue weighted by Gasteiger charge is -2.12. The van der Waals surface area contributed by atoms with Crippen LogP contribution in [0.25, 0.3) is 11.5 Å². The van der Waals surface area contributed by atoms with Gasteiger partial charge in [-0.1, -0.05) is 18.2 Å². The highest BCUT2D eigenvalue weighted by Crippen LogP contribution is 2.22. The maximum Gasteiger partial charge on any atom is 0.308 e. The highest BCUT2D eigenvalue weighted by molar-refractivity contribution is 5.85. The average molecular weight is 287 g/mol. The molecule has 21 heavy (non-hydrogen) atoms. The average Bonchev–Trinajstić information content (AvgIpc) is 3.08. The van der Waals surface area contributed by atoms with E-state index in [1.54, 1.807) is 0 Å². The van der Waals surface area contributed by atoms with E-state index in [9.17, 15) is 9.59 Å². The fourth-order valence-electron chi connectivity index (χ4n) is 2.27. The number of benzene rings is 1. The van der Waals surface area contributed by atoms with Gasteiger partial charge in [-0.2, -0.15) is 0 Å². The van der Waals surface area contributed by atoms with Gasteiger partial charge in [0.05, 0.1) is 12.5 Å². The highest BCUT2D eigenvalue weighted by atomic mass is 16.4. The molecule has 1 aliphatic heterocycles. The first-order valence-corrected chi connectivity index (χ1v) is 6.52. The standard InChI is InChI=1S/C14H13N3O4/c18-12-6-10(14(19)20)7-17(12)8-11-15-16-13(21-11)9-4-2-1-3-5-9/h1-5,10H,6-8H2,(H,19,20)/t10-/m1/s1. The Labute approximate surface area is 120 Å². The van der Waals surface area contributed by atoms with Crippen LogP contribution >= 0.6 is 0 Å². The molecule has 1 saturated heterocycles. The fourth-order valence-corrected chi connectivity index (χ4v) is 2.27. The first kappa shape index (κ1) is 13.3. The Morgan fingerprint density at radius 3 is 2.76 bits per heavy atom. The second-order valence-corrected chi connectivity index (χ2v) is 4.88. The van der Waals surface area contributed by atoms with Gasteiger partial charge >= 0.3 is 5.97 Å². The summed E-state index contributed by atoms with van der Waals surface area (Å²) in [6.45, 7) is 0.319. The predicted molar refractivity (Wildman–Crippen MR) is 70.9 cm³/mol. The number of amides is 1. The van der Waals surface area contributed by atoms with Crippen molar-refractivity contribution in [3.05, 3.63) is 36.2 Å². The van der Waals surface area contributed by atoms with E-state index >= 15 is 0 Å². The van der Waals surface area contributed by atoms with E-state index < -0.39 is 11.9 Å². The van der Waals surface area contributed by atoms with Crippen LogP contribution in [0.3, 0.4) is 0 Å². The van der Waals surface area contributed by atoms with Gasteiger partial charge < -0.3 is 14.4 Å². The van der Waals surface area contributed by atoms with Crippen molar-refractivity contribution >= 4 is 11.9 Å². The summed E-state index contributed by atoms with van der Waals surface area (Å²) in [4.78, 5) is 24.1. The summed E-state index contributed by atoms with van der Waals surface area (Å²) < 4.78 is 5.51. The quantitative estimate of drug-likeness (QED) is 0.906. The zero-order chi connectivity index (χ0) is 14.8. The molecule has 1 aromatic heterocycles. The van der Waals surface area contributed by atoms with Gasteiger partial charge in [0.2, 0.25) is 17.7 Å². The Balaban J connectivity index is 1.71. The van der Waals surface area contributed by atoms with Gasteiger partial charge in [0.1, 0.15) is 0 Å². The molecule has 1 fully saturated rings. The Kier molecular flexibility index (Phi) is 3.39. The van der Waals surface area contributed by atoms with Crippen molar-refractivity contribution in [2.45, 2.75) is 13.0 Å². The van der Waals surface area contributed by atoms with Gasteiger partial charge in [0.15, 0.2) is 0 Å². The van der Waals surface area contributed by atoms with Crippen LogP contribution in [0.5, 0.6) is 0 Å². The fraction of sp³-hybridized carbons (Fsp3) is 0.286. The third kappa shape index (κ3) is 2.76. The SMILES string of the molecule is O=C(O)[C@@H]1CC(=O)N(Cc2nnc(-c3ccccc3)o2)C1. The van der Waals surface area contributed by atoms with E-state index in [0.29, 0.717) is 11.8 Å². The molecule has 0 bridgehead atoms. The smallest absolute Gasteiger partial charge is 0.308 e. The van der Waals surface area contributed by atoms with Crippen molar-refractivity contribution in [2.75, 3.05) is 6.54 Å². The first-order valence-electron chi connectivity index (χ1n) is 6.52. The maximum atomic E-state index is 11.7. The summed E-state index contributed by atoms with van der Waals surface area (Å²) in [6, 6.07) is 9.30. The van der Waals surface area contributed by atoms with Crippen molar-refractivity contribution < 1.29 is 19.1 Å². The van der Waals surface area contributed by atoms with Gasteiger partial charge in [0.25, 0.3) is 0 Å². The number of carbonyl (C=O) groups excluding carboxylic acids is 1. The summed E-state index contributed by atoms with van der Waals surface area (Å²) in [7, 11) is 0. The van der Waals surface area contributed by atoms with E-state index in [2.05, 4.69) is 10.2 Å². The van der Waals surface area contributed by atoms with Crippen molar-refractivity contribution in [1.29, 1.82) is 0 Å². The molecular formula is C14H13N3O4. The number of aliphatic carboxylic acids is 1. The van der Waals surface area contributed by atoms with Gasteiger partial charge in [-0.25, -0.2) is 0 Å². The first-order chi connectivity index (χ1) is 10.1. The Hall–Kier alpha value is -2.70. The normalized spacial score (nSPS) is 18.2. The van der Waals surface area contributed by atoms with Crippen molar-refractivity contribution in [3.63, 3.8) is 0 Å². The monoisotopic (exact) mass is 287 g/mol. The van der Waals surface area contributed by atoms with E-state index in [-0.39, 0.29) is 25.4 Å². The van der Waals surface area contributed by atoms with E-state index in [1.807, 2.05) is 30.3 Å². The molecule has 2 heterocycles. The molecule has 0 radical (unpaired) electrons. The van der Waals surface area contributed by atoms with Gasteiger partial charge in [0, 0.05) is 18.5 Å². The number of carboxylic acids is 1. The Morgan fingerprint density at radius 2 is 2.10 bits per heavy atom. The van der Waals surface area contributed by atoms with E-state index in [0.717, 1.165) is 5.56 Å². The topological polar surface area (TPSA) is 96.5 Å². The molecule has 3 rings (SSSR count). The van der Waals surface area contributed by atoms with Gasteiger partial charge in [-0.3, -0.25) is 9.59 Å². The number of likely N-dealkylation sites (tertiary alicyclic amines) is 1. The summed E-state index contributed by atoms with van der Waals surface area (Å²) in [5.74, 6) is -1.14. The van der Waals surface area contributed by atoms with E-state index in [1.165, 1.54) is 4.90 Å². The van der Waals surface area contributed by atoms with Crippen LogP contribution in [0, 0.1) is 5.92 Å². The molecule has 0 saturated carbocycles. The molecule has 108 valence electrons. The Bertz CT molecular complexity index is 668. The molecule has 1 atom stereocenters. The lowest BCUT2D eigenvalue weighted by molar-refractivity contribution is -0.141. The zero-order valence-electron chi connectivity index (χ0n) is 11.1. The molecule has 7 nitrogen and oxygen atoms in total. The van der Waals surface area contributed by atoms with Gasteiger partial charge in [-0.05, 0) is 12.1 Å². The second kappa shape index (κ2) is 5.35. The predicted octanol–water partition coefficient (Wildman–Crippen LogP) is 1.17. The zero-order valence-corrected chi connectivity index (χ0v) is 11.1. The molecule has 0 spiro atoms. The molecule has 1 amide bonds. The maximum absolute atomic E-state index is 11.7. The minimum atomic E-state index is -0.957. The van der Waals surface area contributed by atoms with Crippen LogP contribution in [0.1, 0.15) is 12.3 Å². The number of aromatic nitrogens is 2. The third-order valence-corrected chi connectivity index (χ3v) is 3.38. The third-order valence-electron chi connectivity index (χ3n) is 3.38. The number of carbonyl (C=O) groups is 2.